The smallest absolute Gasteiger partial charge is 0.249 e. The van der Waals surface area contributed by atoms with Crippen molar-refractivity contribution in [3.63, 3.8) is 0 Å². The largest absolute Gasteiger partial charge is 0.497 e. The highest BCUT2D eigenvalue weighted by Crippen LogP contribution is 2.41. The maximum atomic E-state index is 15.8. The van der Waals surface area contributed by atoms with Crippen LogP contribution in [-0.2, 0) is 4.79 Å². The topological polar surface area (TPSA) is 74.7 Å². The number of carbonyl (C=O) groups excluding carboxylic acids is 1. The number of nitrogens with zero attached hydrogens (tertiary/aromatic N) is 2. The zero-order valence-electron chi connectivity index (χ0n) is 21.8. The van der Waals surface area contributed by atoms with Crippen LogP contribution in [0, 0.1) is 29.8 Å². The van der Waals surface area contributed by atoms with Crippen LogP contribution in [0.3, 0.4) is 0 Å². The average molecular weight is 566 g/mol. The highest BCUT2D eigenvalue weighted by molar-refractivity contribution is 7.99. The molecule has 39 heavy (non-hydrogen) atoms. The number of fused-ring (bicyclic) bond motifs is 1. The van der Waals surface area contributed by atoms with Gasteiger partial charge in [0.05, 0.1) is 22.9 Å². The van der Waals surface area contributed by atoms with E-state index in [9.17, 15) is 23.2 Å². The van der Waals surface area contributed by atoms with Gasteiger partial charge in [-0.15, -0.1) is 11.8 Å². The number of thioether (sulfide) groups is 1. The summed E-state index contributed by atoms with van der Waals surface area (Å²) in [4.78, 5) is 19.0. The third-order valence-electron chi connectivity index (χ3n) is 7.52. The molecule has 0 aliphatic carbocycles. The second kappa shape index (κ2) is 12.5. The number of aromatic nitrogens is 1. The lowest BCUT2D eigenvalue weighted by atomic mass is 9.73. The van der Waals surface area contributed by atoms with Gasteiger partial charge in [-0.3, -0.25) is 15.0 Å². The van der Waals surface area contributed by atoms with Crippen molar-refractivity contribution >= 4 is 28.6 Å². The van der Waals surface area contributed by atoms with E-state index in [2.05, 4.69) is 9.88 Å². The maximum absolute atomic E-state index is 15.8. The lowest BCUT2D eigenvalue weighted by molar-refractivity contribution is -0.143. The molecule has 11 heteroatoms. The number of hydroxylamine groups is 1. The highest BCUT2D eigenvalue weighted by atomic mass is 32.2. The van der Waals surface area contributed by atoms with Crippen LogP contribution in [-0.4, -0.2) is 53.5 Å². The molecule has 2 heterocycles. The summed E-state index contributed by atoms with van der Waals surface area (Å²) in [5.41, 5.74) is 2.67. The van der Waals surface area contributed by atoms with E-state index >= 15 is 4.39 Å². The minimum Gasteiger partial charge on any atom is -0.497 e. The van der Waals surface area contributed by atoms with E-state index in [4.69, 9.17) is 4.74 Å². The fourth-order valence-corrected chi connectivity index (χ4v) is 6.19. The predicted octanol–water partition coefficient (Wildman–Crippen LogP) is 6.14. The van der Waals surface area contributed by atoms with Crippen molar-refractivity contribution in [2.24, 2.45) is 5.41 Å². The highest BCUT2D eigenvalue weighted by Gasteiger charge is 2.41. The number of piperidine rings is 1. The second-order valence-electron chi connectivity index (χ2n) is 9.85. The number of aryl methyl sites for hydroxylation is 1. The van der Waals surface area contributed by atoms with Crippen molar-refractivity contribution in [3.8, 4) is 5.75 Å². The fourth-order valence-electron chi connectivity index (χ4n) is 5.24. The van der Waals surface area contributed by atoms with E-state index in [0.717, 1.165) is 11.8 Å². The van der Waals surface area contributed by atoms with Gasteiger partial charge in [-0.05, 0) is 75.0 Å². The van der Waals surface area contributed by atoms with E-state index in [1.807, 2.05) is 0 Å². The Morgan fingerprint density at radius 2 is 1.90 bits per heavy atom. The van der Waals surface area contributed by atoms with Gasteiger partial charge in [-0.2, -0.15) is 0 Å². The quantitative estimate of drug-likeness (QED) is 0.133. The monoisotopic (exact) mass is 565 g/mol. The standard InChI is InChI=1S/C28H31F4N3O3S/c1-17-16-33-24-4-3-19(38-2)15-20(24)25(17)21(30)5-6-28(27(36)34-37)7-9-35(10-8-28)11-12-39-26-22(31)13-18(29)14-23(26)32/h3-4,13-16,21,37H,5-12H2,1-2H3,(H,34,36)/t21-/m1/s1. The normalized spacial score (nSPS) is 16.3. The number of methoxy groups -OCH3 is 1. The van der Waals surface area contributed by atoms with Crippen LogP contribution < -0.4 is 10.2 Å². The summed E-state index contributed by atoms with van der Waals surface area (Å²) in [5, 5.41) is 10.1. The summed E-state index contributed by atoms with van der Waals surface area (Å²) in [7, 11) is 1.54. The second-order valence-corrected chi connectivity index (χ2v) is 11.0. The van der Waals surface area contributed by atoms with Crippen LogP contribution >= 0.6 is 11.8 Å². The Balaban J connectivity index is 1.40. The van der Waals surface area contributed by atoms with Crippen molar-refractivity contribution in [2.45, 2.75) is 43.7 Å². The van der Waals surface area contributed by atoms with E-state index in [1.165, 1.54) is 0 Å². The van der Waals surface area contributed by atoms with Gasteiger partial charge in [-0.1, -0.05) is 0 Å². The third kappa shape index (κ3) is 6.47. The average Bonchev–Trinajstić information content (AvgIpc) is 2.93. The van der Waals surface area contributed by atoms with E-state index in [1.54, 1.807) is 43.9 Å². The number of ether oxygens (including phenoxy) is 1. The molecular weight excluding hydrogens is 534 g/mol. The number of benzene rings is 2. The van der Waals surface area contributed by atoms with Crippen molar-refractivity contribution in [1.29, 1.82) is 0 Å². The van der Waals surface area contributed by atoms with Crippen LogP contribution in [0.5, 0.6) is 5.75 Å². The lowest BCUT2D eigenvalue weighted by Crippen LogP contribution is -2.48. The van der Waals surface area contributed by atoms with E-state index < -0.39 is 34.9 Å². The van der Waals surface area contributed by atoms with E-state index in [0.29, 0.717) is 78.1 Å². The number of hydrogen-bond donors (Lipinski definition) is 2. The van der Waals surface area contributed by atoms with Crippen LogP contribution in [0.25, 0.3) is 10.9 Å². The summed E-state index contributed by atoms with van der Waals surface area (Å²) in [5.74, 6) is -2.43. The molecule has 0 radical (unpaired) electrons. The molecule has 2 N–H and O–H groups in total. The number of halogens is 4. The Labute approximate surface area is 228 Å². The van der Waals surface area contributed by atoms with Crippen LogP contribution in [0.4, 0.5) is 17.6 Å². The molecule has 0 saturated carbocycles. The Hall–Kier alpha value is -2.89. The number of carbonyl (C=O) groups is 1. The molecular formula is C28H31F4N3O3S. The van der Waals surface area contributed by atoms with Crippen molar-refractivity contribution in [3.05, 3.63) is 65.1 Å². The first kappa shape index (κ1) is 29.1. The number of nitrogens with one attached hydrogen (secondary N) is 1. The molecule has 1 aliphatic heterocycles. The van der Waals surface area contributed by atoms with Crippen molar-refractivity contribution in [2.75, 3.05) is 32.5 Å². The summed E-state index contributed by atoms with van der Waals surface area (Å²) in [6.07, 6.45) is 1.35. The maximum Gasteiger partial charge on any atom is 0.249 e. The van der Waals surface area contributed by atoms with Gasteiger partial charge in [0, 0.05) is 36.0 Å². The van der Waals surface area contributed by atoms with Gasteiger partial charge in [0.15, 0.2) is 0 Å². The fraction of sp³-hybridized carbons (Fsp3) is 0.429. The molecule has 4 rings (SSSR count). The molecule has 2 aromatic carbocycles. The number of pyridine rings is 1. The number of alkyl halides is 1. The summed E-state index contributed by atoms with van der Waals surface area (Å²) in [6.45, 7) is 3.28. The zero-order valence-corrected chi connectivity index (χ0v) is 22.6. The lowest BCUT2D eigenvalue weighted by Gasteiger charge is -2.40. The number of likely N-dealkylation sites (tertiary alicyclic amines) is 1. The minimum absolute atomic E-state index is 0.0730. The molecule has 0 bridgehead atoms. The molecule has 1 saturated heterocycles. The van der Waals surface area contributed by atoms with Crippen molar-refractivity contribution in [1.82, 2.24) is 15.4 Å². The predicted molar refractivity (Wildman–Crippen MR) is 141 cm³/mol. The first-order chi connectivity index (χ1) is 18.7. The summed E-state index contributed by atoms with van der Waals surface area (Å²) < 4.78 is 62.0. The Bertz CT molecular complexity index is 1310. The Morgan fingerprint density at radius 3 is 2.54 bits per heavy atom. The summed E-state index contributed by atoms with van der Waals surface area (Å²) >= 11 is 0.962. The van der Waals surface area contributed by atoms with Gasteiger partial charge < -0.3 is 9.64 Å². The molecule has 1 aromatic heterocycles. The van der Waals surface area contributed by atoms with Gasteiger partial charge >= 0.3 is 0 Å². The van der Waals surface area contributed by atoms with Crippen LogP contribution in [0.2, 0.25) is 0 Å². The molecule has 1 atom stereocenters. The minimum atomic E-state index is -1.36. The van der Waals surface area contributed by atoms with Gasteiger partial charge in [0.25, 0.3) is 0 Å². The molecule has 1 amide bonds. The Morgan fingerprint density at radius 1 is 1.21 bits per heavy atom. The number of hydrogen-bond acceptors (Lipinski definition) is 6. The number of amides is 1. The van der Waals surface area contributed by atoms with Gasteiger partial charge in [-0.25, -0.2) is 23.0 Å². The third-order valence-corrected chi connectivity index (χ3v) is 8.58. The molecule has 1 aliphatic rings. The summed E-state index contributed by atoms with van der Waals surface area (Å²) in [6, 6.07) is 6.60. The first-order valence-electron chi connectivity index (χ1n) is 12.7. The van der Waals surface area contributed by atoms with E-state index in [-0.39, 0.29) is 17.7 Å². The molecule has 6 nitrogen and oxygen atoms in total. The van der Waals surface area contributed by atoms with Gasteiger partial charge in [0.2, 0.25) is 5.91 Å². The van der Waals surface area contributed by atoms with Crippen LogP contribution in [0.1, 0.15) is 43.0 Å². The molecule has 3 aromatic rings. The van der Waals surface area contributed by atoms with Crippen molar-refractivity contribution < 1.29 is 32.3 Å². The zero-order chi connectivity index (χ0) is 28.2. The SMILES string of the molecule is COc1ccc2ncc(C)c([C@H](F)CCC3(C(=O)NO)CCN(CCSc4c(F)cc(F)cc4F)CC3)c2c1. The number of rotatable bonds is 10. The molecule has 210 valence electrons. The first-order valence-corrected chi connectivity index (χ1v) is 13.7. The molecule has 0 unspecified atom stereocenters. The molecule has 1 fully saturated rings. The van der Waals surface area contributed by atoms with Crippen LogP contribution in [0.15, 0.2) is 41.4 Å². The van der Waals surface area contributed by atoms with Gasteiger partial charge in [0.1, 0.15) is 29.4 Å². The Kier molecular flexibility index (Phi) is 9.35. The molecule has 0 spiro atoms.